The standard InChI is InChI=1S/C16H12BrClO4/c1-21-16(20)14(11-3-2-4-13(18)9-11)22-15(19)10-5-7-12(17)8-6-10/h2-9,14H,1H3. The van der Waals surface area contributed by atoms with Crippen LogP contribution in [0.25, 0.3) is 0 Å². The molecule has 4 nitrogen and oxygen atoms in total. The summed E-state index contributed by atoms with van der Waals surface area (Å²) in [5.41, 5.74) is 0.781. The Morgan fingerprint density at radius 1 is 1.14 bits per heavy atom. The van der Waals surface area contributed by atoms with E-state index in [0.29, 0.717) is 16.1 Å². The molecule has 0 radical (unpaired) electrons. The molecule has 1 atom stereocenters. The number of ether oxygens (including phenoxy) is 2. The summed E-state index contributed by atoms with van der Waals surface area (Å²) in [4.78, 5) is 24.1. The van der Waals surface area contributed by atoms with Crippen molar-refractivity contribution >= 4 is 39.5 Å². The number of benzene rings is 2. The molecule has 114 valence electrons. The SMILES string of the molecule is COC(=O)C(OC(=O)c1ccc(Br)cc1)c1cccc(Cl)c1. The van der Waals surface area contributed by atoms with E-state index in [2.05, 4.69) is 15.9 Å². The first-order valence-electron chi connectivity index (χ1n) is 6.31. The monoisotopic (exact) mass is 382 g/mol. The van der Waals surface area contributed by atoms with E-state index in [9.17, 15) is 9.59 Å². The fourth-order valence-corrected chi connectivity index (χ4v) is 2.25. The fourth-order valence-electron chi connectivity index (χ4n) is 1.79. The van der Waals surface area contributed by atoms with Gasteiger partial charge in [0.25, 0.3) is 0 Å². The first kappa shape index (κ1) is 16.5. The van der Waals surface area contributed by atoms with Crippen LogP contribution in [0.4, 0.5) is 0 Å². The zero-order chi connectivity index (χ0) is 16.1. The Balaban J connectivity index is 2.25. The van der Waals surface area contributed by atoms with Gasteiger partial charge >= 0.3 is 11.9 Å². The third-order valence-corrected chi connectivity index (χ3v) is 3.64. The predicted molar refractivity (Wildman–Crippen MR) is 85.8 cm³/mol. The number of rotatable bonds is 4. The third kappa shape index (κ3) is 4.08. The lowest BCUT2D eigenvalue weighted by Gasteiger charge is -2.16. The molecule has 22 heavy (non-hydrogen) atoms. The van der Waals surface area contributed by atoms with Gasteiger partial charge in [0.05, 0.1) is 12.7 Å². The first-order chi connectivity index (χ1) is 10.5. The number of halogens is 2. The van der Waals surface area contributed by atoms with Crippen LogP contribution in [0.3, 0.4) is 0 Å². The van der Waals surface area contributed by atoms with Crippen LogP contribution in [-0.4, -0.2) is 19.0 Å². The molecule has 0 saturated heterocycles. The number of hydrogen-bond donors (Lipinski definition) is 0. The van der Waals surface area contributed by atoms with Crippen molar-refractivity contribution in [3.05, 3.63) is 69.2 Å². The number of esters is 2. The molecule has 0 amide bonds. The summed E-state index contributed by atoms with van der Waals surface area (Å²) in [6.07, 6.45) is -1.17. The molecule has 2 aromatic rings. The van der Waals surface area contributed by atoms with Crippen molar-refractivity contribution in [2.45, 2.75) is 6.10 Å². The van der Waals surface area contributed by atoms with Crippen molar-refractivity contribution in [1.82, 2.24) is 0 Å². The molecule has 0 heterocycles. The third-order valence-electron chi connectivity index (χ3n) is 2.87. The average molecular weight is 384 g/mol. The lowest BCUT2D eigenvalue weighted by molar-refractivity contribution is -0.151. The van der Waals surface area contributed by atoms with Crippen LogP contribution in [0.2, 0.25) is 5.02 Å². The van der Waals surface area contributed by atoms with E-state index in [1.165, 1.54) is 7.11 Å². The van der Waals surface area contributed by atoms with Gasteiger partial charge in [-0.2, -0.15) is 0 Å². The minimum Gasteiger partial charge on any atom is -0.466 e. The Kier molecular flexibility index (Phi) is 5.57. The van der Waals surface area contributed by atoms with Gasteiger partial charge in [-0.1, -0.05) is 39.7 Å². The van der Waals surface area contributed by atoms with Gasteiger partial charge in [0, 0.05) is 15.1 Å². The quantitative estimate of drug-likeness (QED) is 0.744. The molecular formula is C16H12BrClO4. The minimum absolute atomic E-state index is 0.333. The fraction of sp³-hybridized carbons (Fsp3) is 0.125. The van der Waals surface area contributed by atoms with Crippen molar-refractivity contribution in [2.75, 3.05) is 7.11 Å². The van der Waals surface area contributed by atoms with Gasteiger partial charge in [-0.25, -0.2) is 9.59 Å². The second-order valence-corrected chi connectivity index (χ2v) is 5.72. The minimum atomic E-state index is -1.17. The topological polar surface area (TPSA) is 52.6 Å². The maximum atomic E-state index is 12.2. The Morgan fingerprint density at radius 3 is 2.41 bits per heavy atom. The highest BCUT2D eigenvalue weighted by Gasteiger charge is 2.26. The van der Waals surface area contributed by atoms with E-state index in [1.807, 2.05) is 0 Å². The van der Waals surface area contributed by atoms with Crippen molar-refractivity contribution in [1.29, 1.82) is 0 Å². The molecule has 0 aliphatic carbocycles. The van der Waals surface area contributed by atoms with Crippen LogP contribution in [0.15, 0.2) is 53.0 Å². The van der Waals surface area contributed by atoms with E-state index in [1.54, 1.807) is 48.5 Å². The van der Waals surface area contributed by atoms with Crippen LogP contribution >= 0.6 is 27.5 Å². The summed E-state index contributed by atoms with van der Waals surface area (Å²) in [5, 5.41) is 0.436. The smallest absolute Gasteiger partial charge is 0.351 e. The number of carbonyl (C=O) groups is 2. The highest BCUT2D eigenvalue weighted by molar-refractivity contribution is 9.10. The molecule has 0 N–H and O–H groups in total. The Bertz CT molecular complexity index is 685. The zero-order valence-corrected chi connectivity index (χ0v) is 13.9. The lowest BCUT2D eigenvalue weighted by atomic mass is 10.1. The van der Waals surface area contributed by atoms with E-state index in [-0.39, 0.29) is 0 Å². The Morgan fingerprint density at radius 2 is 1.82 bits per heavy atom. The van der Waals surface area contributed by atoms with Crippen molar-refractivity contribution < 1.29 is 19.1 Å². The van der Waals surface area contributed by atoms with Gasteiger partial charge in [-0.15, -0.1) is 0 Å². The maximum absolute atomic E-state index is 12.2. The Labute approximate surface area is 141 Å². The second-order valence-electron chi connectivity index (χ2n) is 4.37. The van der Waals surface area contributed by atoms with Crippen LogP contribution in [0.1, 0.15) is 22.0 Å². The maximum Gasteiger partial charge on any atom is 0.351 e. The van der Waals surface area contributed by atoms with Crippen LogP contribution < -0.4 is 0 Å². The van der Waals surface area contributed by atoms with Crippen molar-refractivity contribution in [3.63, 3.8) is 0 Å². The summed E-state index contributed by atoms with van der Waals surface area (Å²) < 4.78 is 10.8. The lowest BCUT2D eigenvalue weighted by Crippen LogP contribution is -2.21. The van der Waals surface area contributed by atoms with Crippen molar-refractivity contribution in [2.24, 2.45) is 0 Å². The van der Waals surface area contributed by atoms with E-state index < -0.39 is 18.0 Å². The Hall–Kier alpha value is -1.85. The summed E-state index contributed by atoms with van der Waals surface area (Å²) in [5.74, 6) is -1.30. The van der Waals surface area contributed by atoms with Gasteiger partial charge in [0.15, 0.2) is 0 Å². The predicted octanol–water partition coefficient (Wildman–Crippen LogP) is 4.17. The average Bonchev–Trinajstić information content (AvgIpc) is 2.52. The molecule has 0 saturated carbocycles. The van der Waals surface area contributed by atoms with Gasteiger partial charge < -0.3 is 9.47 Å². The normalized spacial score (nSPS) is 11.6. The molecule has 0 bridgehead atoms. The highest BCUT2D eigenvalue weighted by atomic mass is 79.9. The molecule has 0 aliphatic heterocycles. The number of hydrogen-bond acceptors (Lipinski definition) is 4. The van der Waals surface area contributed by atoms with Crippen LogP contribution in [0.5, 0.6) is 0 Å². The molecule has 0 spiro atoms. The van der Waals surface area contributed by atoms with Crippen LogP contribution in [-0.2, 0) is 14.3 Å². The largest absolute Gasteiger partial charge is 0.466 e. The summed E-state index contributed by atoms with van der Waals surface area (Å²) in [7, 11) is 1.23. The summed E-state index contributed by atoms with van der Waals surface area (Å²) >= 11 is 9.19. The van der Waals surface area contributed by atoms with E-state index in [0.717, 1.165) is 4.47 Å². The van der Waals surface area contributed by atoms with Gasteiger partial charge in [-0.05, 0) is 36.4 Å². The molecule has 1 unspecified atom stereocenters. The van der Waals surface area contributed by atoms with Gasteiger partial charge in [0.1, 0.15) is 0 Å². The molecule has 2 rings (SSSR count). The second kappa shape index (κ2) is 7.42. The van der Waals surface area contributed by atoms with Crippen LogP contribution in [0, 0.1) is 0 Å². The zero-order valence-electron chi connectivity index (χ0n) is 11.6. The molecule has 0 aromatic heterocycles. The van der Waals surface area contributed by atoms with Gasteiger partial charge in [-0.3, -0.25) is 0 Å². The van der Waals surface area contributed by atoms with E-state index >= 15 is 0 Å². The summed E-state index contributed by atoms with van der Waals surface area (Å²) in [6.45, 7) is 0. The van der Waals surface area contributed by atoms with E-state index in [4.69, 9.17) is 21.1 Å². The summed E-state index contributed by atoms with van der Waals surface area (Å²) in [6, 6.07) is 13.1. The first-order valence-corrected chi connectivity index (χ1v) is 7.48. The molecule has 6 heteroatoms. The van der Waals surface area contributed by atoms with Crippen molar-refractivity contribution in [3.8, 4) is 0 Å². The van der Waals surface area contributed by atoms with Gasteiger partial charge in [0.2, 0.25) is 6.10 Å². The number of carbonyl (C=O) groups excluding carboxylic acids is 2. The molecule has 2 aromatic carbocycles. The molecular weight excluding hydrogens is 372 g/mol. The molecule has 0 fully saturated rings. The highest BCUT2D eigenvalue weighted by Crippen LogP contribution is 2.24. The molecule has 0 aliphatic rings. The number of methoxy groups -OCH3 is 1.